The highest BCUT2D eigenvalue weighted by Gasteiger charge is 2.05. The van der Waals surface area contributed by atoms with Gasteiger partial charge in [-0.05, 0) is 12.1 Å². The molecule has 0 fully saturated rings. The van der Waals surface area contributed by atoms with Crippen molar-refractivity contribution in [3.05, 3.63) is 17.7 Å². The number of nitrogens with zero attached hydrogens (tertiary/aromatic N) is 1. The summed E-state index contributed by atoms with van der Waals surface area (Å²) < 4.78 is 0. The summed E-state index contributed by atoms with van der Waals surface area (Å²) in [6.45, 7) is 0. The van der Waals surface area contributed by atoms with Gasteiger partial charge in [-0.1, -0.05) is 0 Å². The van der Waals surface area contributed by atoms with Crippen LogP contribution in [-0.2, 0) is 0 Å². The second-order valence-electron chi connectivity index (χ2n) is 3.08. The van der Waals surface area contributed by atoms with E-state index in [9.17, 15) is 0 Å². The standard InChI is InChI=1S/C9H14N4/c1-13(2)9-4-7(11)6(5-10)3-8(9)12/h3-5,10H,11-12H2,1-2H3. The molecular weight excluding hydrogens is 164 g/mol. The van der Waals surface area contributed by atoms with Gasteiger partial charge in [0.05, 0.1) is 11.4 Å². The zero-order valence-corrected chi connectivity index (χ0v) is 7.83. The highest BCUT2D eigenvalue weighted by molar-refractivity contribution is 5.90. The van der Waals surface area contributed by atoms with E-state index in [-0.39, 0.29) is 0 Å². The van der Waals surface area contributed by atoms with Crippen molar-refractivity contribution >= 4 is 23.3 Å². The molecule has 0 unspecified atom stereocenters. The van der Waals surface area contributed by atoms with E-state index in [0.717, 1.165) is 5.69 Å². The molecule has 0 radical (unpaired) electrons. The Bertz CT molecular complexity index is 331. The number of rotatable bonds is 2. The fraction of sp³-hybridized carbons (Fsp3) is 0.222. The van der Waals surface area contributed by atoms with Gasteiger partial charge in [0.2, 0.25) is 0 Å². The normalized spacial score (nSPS) is 9.69. The van der Waals surface area contributed by atoms with E-state index in [2.05, 4.69) is 0 Å². The molecule has 1 aromatic carbocycles. The molecule has 5 N–H and O–H groups in total. The number of nitrogen functional groups attached to an aromatic ring is 2. The maximum atomic E-state index is 7.08. The van der Waals surface area contributed by atoms with E-state index < -0.39 is 0 Å². The topological polar surface area (TPSA) is 79.1 Å². The summed E-state index contributed by atoms with van der Waals surface area (Å²) in [7, 11) is 3.80. The van der Waals surface area contributed by atoms with E-state index in [4.69, 9.17) is 16.9 Å². The Balaban J connectivity index is 3.28. The van der Waals surface area contributed by atoms with Crippen LogP contribution in [-0.4, -0.2) is 20.3 Å². The number of nitrogens with two attached hydrogens (primary N) is 2. The number of hydrogen-bond acceptors (Lipinski definition) is 4. The molecule has 0 heterocycles. The molecule has 0 atom stereocenters. The minimum Gasteiger partial charge on any atom is -0.398 e. The van der Waals surface area contributed by atoms with Crippen LogP contribution in [0, 0.1) is 5.41 Å². The molecule has 4 nitrogen and oxygen atoms in total. The molecule has 0 bridgehead atoms. The second-order valence-corrected chi connectivity index (χ2v) is 3.08. The Morgan fingerprint density at radius 2 is 1.85 bits per heavy atom. The van der Waals surface area contributed by atoms with E-state index in [0.29, 0.717) is 16.9 Å². The maximum Gasteiger partial charge on any atom is 0.0615 e. The van der Waals surface area contributed by atoms with Crippen molar-refractivity contribution in [3.63, 3.8) is 0 Å². The van der Waals surface area contributed by atoms with Crippen molar-refractivity contribution in [2.45, 2.75) is 0 Å². The van der Waals surface area contributed by atoms with E-state index >= 15 is 0 Å². The summed E-state index contributed by atoms with van der Waals surface area (Å²) in [4.78, 5) is 1.89. The largest absolute Gasteiger partial charge is 0.398 e. The monoisotopic (exact) mass is 178 g/mol. The Morgan fingerprint density at radius 1 is 1.23 bits per heavy atom. The first kappa shape index (κ1) is 9.38. The van der Waals surface area contributed by atoms with Gasteiger partial charge in [0.1, 0.15) is 0 Å². The van der Waals surface area contributed by atoms with Crippen LogP contribution in [0.4, 0.5) is 17.1 Å². The highest BCUT2D eigenvalue weighted by Crippen LogP contribution is 2.26. The number of anilines is 3. The Hall–Kier alpha value is -1.71. The smallest absolute Gasteiger partial charge is 0.0615 e. The molecule has 70 valence electrons. The number of nitrogens with one attached hydrogen (secondary N) is 1. The van der Waals surface area contributed by atoms with Crippen molar-refractivity contribution in [2.24, 2.45) is 0 Å². The minimum atomic E-state index is 0.577. The average Bonchev–Trinajstić information content (AvgIpc) is 2.07. The Morgan fingerprint density at radius 3 is 2.31 bits per heavy atom. The first-order chi connectivity index (χ1) is 6.06. The molecule has 0 aromatic heterocycles. The van der Waals surface area contributed by atoms with Gasteiger partial charge in [0, 0.05) is 31.6 Å². The average molecular weight is 178 g/mol. The zero-order valence-electron chi connectivity index (χ0n) is 7.83. The van der Waals surface area contributed by atoms with Crippen LogP contribution in [0.1, 0.15) is 5.56 Å². The zero-order chi connectivity index (χ0) is 10.0. The fourth-order valence-electron chi connectivity index (χ4n) is 1.15. The molecule has 0 aliphatic rings. The Labute approximate surface area is 77.7 Å². The van der Waals surface area contributed by atoms with Crippen molar-refractivity contribution in [2.75, 3.05) is 30.5 Å². The fourth-order valence-corrected chi connectivity index (χ4v) is 1.15. The van der Waals surface area contributed by atoms with Gasteiger partial charge >= 0.3 is 0 Å². The summed E-state index contributed by atoms with van der Waals surface area (Å²) in [5.41, 5.74) is 14.2. The third kappa shape index (κ3) is 1.72. The van der Waals surface area contributed by atoms with Crippen molar-refractivity contribution in [3.8, 4) is 0 Å². The van der Waals surface area contributed by atoms with E-state index in [1.165, 1.54) is 6.21 Å². The lowest BCUT2D eigenvalue weighted by molar-refractivity contribution is 1.13. The minimum absolute atomic E-state index is 0.577. The van der Waals surface area contributed by atoms with Gasteiger partial charge in [-0.3, -0.25) is 0 Å². The van der Waals surface area contributed by atoms with Crippen LogP contribution in [0.2, 0.25) is 0 Å². The maximum absolute atomic E-state index is 7.08. The van der Waals surface area contributed by atoms with Gasteiger partial charge in [0.15, 0.2) is 0 Å². The summed E-state index contributed by atoms with van der Waals surface area (Å²) in [6, 6.07) is 3.48. The van der Waals surface area contributed by atoms with E-state index in [1.54, 1.807) is 12.1 Å². The predicted molar refractivity (Wildman–Crippen MR) is 57.5 cm³/mol. The van der Waals surface area contributed by atoms with Crippen molar-refractivity contribution in [1.82, 2.24) is 0 Å². The van der Waals surface area contributed by atoms with Crippen LogP contribution < -0.4 is 16.4 Å². The molecule has 0 saturated heterocycles. The molecule has 0 saturated carbocycles. The van der Waals surface area contributed by atoms with Crippen LogP contribution in [0.25, 0.3) is 0 Å². The second kappa shape index (κ2) is 3.35. The third-order valence-corrected chi connectivity index (χ3v) is 1.87. The van der Waals surface area contributed by atoms with Gasteiger partial charge < -0.3 is 21.8 Å². The van der Waals surface area contributed by atoms with Crippen LogP contribution in [0.3, 0.4) is 0 Å². The molecule has 0 spiro atoms. The third-order valence-electron chi connectivity index (χ3n) is 1.87. The number of benzene rings is 1. The predicted octanol–water partition coefficient (Wildman–Crippen LogP) is 0.915. The molecule has 1 rings (SSSR count). The van der Waals surface area contributed by atoms with Crippen molar-refractivity contribution in [1.29, 1.82) is 5.41 Å². The lowest BCUT2D eigenvalue weighted by Crippen LogP contribution is -2.12. The summed E-state index contributed by atoms with van der Waals surface area (Å²) in [5, 5.41) is 7.08. The lowest BCUT2D eigenvalue weighted by Gasteiger charge is -2.16. The van der Waals surface area contributed by atoms with E-state index in [1.807, 2.05) is 19.0 Å². The SMILES string of the molecule is CN(C)c1cc(N)c(C=N)cc1N. The van der Waals surface area contributed by atoms with Gasteiger partial charge in [-0.15, -0.1) is 0 Å². The molecule has 0 aliphatic carbocycles. The van der Waals surface area contributed by atoms with Gasteiger partial charge in [-0.2, -0.15) is 0 Å². The van der Waals surface area contributed by atoms with Crippen LogP contribution in [0.5, 0.6) is 0 Å². The summed E-state index contributed by atoms with van der Waals surface area (Å²) in [5.74, 6) is 0. The summed E-state index contributed by atoms with van der Waals surface area (Å²) in [6.07, 6.45) is 1.20. The number of hydrogen-bond donors (Lipinski definition) is 3. The van der Waals surface area contributed by atoms with Crippen molar-refractivity contribution < 1.29 is 0 Å². The molecule has 0 aliphatic heterocycles. The molecular formula is C9H14N4. The molecule has 13 heavy (non-hydrogen) atoms. The van der Waals surface area contributed by atoms with Gasteiger partial charge in [-0.25, -0.2) is 0 Å². The highest BCUT2D eigenvalue weighted by atomic mass is 15.1. The first-order valence-corrected chi connectivity index (χ1v) is 3.93. The van der Waals surface area contributed by atoms with Crippen LogP contribution in [0.15, 0.2) is 12.1 Å². The molecule has 4 heteroatoms. The van der Waals surface area contributed by atoms with Gasteiger partial charge in [0.25, 0.3) is 0 Å². The Kier molecular flexibility index (Phi) is 2.41. The lowest BCUT2D eigenvalue weighted by atomic mass is 10.1. The molecule has 1 aromatic rings. The van der Waals surface area contributed by atoms with Crippen LogP contribution >= 0.6 is 0 Å². The first-order valence-electron chi connectivity index (χ1n) is 3.93. The summed E-state index contributed by atoms with van der Waals surface area (Å²) >= 11 is 0. The quantitative estimate of drug-likeness (QED) is 0.465. The molecule has 0 amide bonds.